The molecule has 0 aromatic heterocycles. The first-order valence-electron chi connectivity index (χ1n) is 34.5. The van der Waals surface area contributed by atoms with Crippen molar-refractivity contribution in [3.63, 3.8) is 0 Å². The normalized spacial score (nSPS) is 19.2. The number of carbonyl (C=O) groups excluding carboxylic acids is 1. The van der Waals surface area contributed by atoms with E-state index in [9.17, 15) is 20.1 Å². The number of nitrogens with two attached hydrogens (primary N) is 2. The fraction of sp³-hybridized carbons (Fsp3) is 0.741. The molecule has 8 heteroatoms. The molecule has 89 heavy (non-hydrogen) atoms. The summed E-state index contributed by atoms with van der Waals surface area (Å²) >= 11 is 0. The van der Waals surface area contributed by atoms with Crippen molar-refractivity contribution in [2.24, 2.45) is 53.9 Å². The van der Waals surface area contributed by atoms with E-state index in [-0.39, 0.29) is 94.9 Å². The minimum absolute atomic E-state index is 0.00358. The van der Waals surface area contributed by atoms with Crippen molar-refractivity contribution in [2.75, 3.05) is 0 Å². The quantitative estimate of drug-likeness (QED) is 0.0670. The highest BCUT2D eigenvalue weighted by Gasteiger charge is 2.38. The zero-order valence-corrected chi connectivity index (χ0v) is 63.2. The van der Waals surface area contributed by atoms with E-state index in [2.05, 4.69) is 238 Å². The lowest BCUT2D eigenvalue weighted by Crippen LogP contribution is -2.43. The molecule has 0 bridgehead atoms. The van der Waals surface area contributed by atoms with Gasteiger partial charge in [-0.2, -0.15) is 0 Å². The summed E-state index contributed by atoms with van der Waals surface area (Å²) in [4.78, 5) is 22.1. The molecule has 0 unspecified atom stereocenters. The molecule has 0 amide bonds. The van der Waals surface area contributed by atoms with Crippen molar-refractivity contribution in [1.29, 1.82) is 0 Å². The molecule has 2 aliphatic carbocycles. The van der Waals surface area contributed by atoms with Crippen LogP contribution in [0.2, 0.25) is 0 Å². The van der Waals surface area contributed by atoms with Gasteiger partial charge in [0.05, 0.1) is 17.6 Å². The van der Waals surface area contributed by atoms with Gasteiger partial charge in [0.15, 0.2) is 6.29 Å². The van der Waals surface area contributed by atoms with Crippen molar-refractivity contribution in [2.45, 2.75) is 354 Å². The maximum atomic E-state index is 12.0. The van der Waals surface area contributed by atoms with Crippen LogP contribution in [0.15, 0.2) is 46.4 Å². The minimum atomic E-state index is -0.227. The van der Waals surface area contributed by atoms with Crippen molar-refractivity contribution >= 4 is 18.7 Å². The van der Waals surface area contributed by atoms with Crippen LogP contribution in [0.3, 0.4) is 0 Å². The Kier molecular flexibility index (Phi) is 25.9. The van der Waals surface area contributed by atoms with Crippen LogP contribution >= 0.6 is 0 Å². The Morgan fingerprint density at radius 2 is 0.562 bits per heavy atom. The van der Waals surface area contributed by atoms with Gasteiger partial charge in [-0.05, 0) is 164 Å². The standard InChI is InChI=1S/C52H86N2O2.C23H38O2.C6H14N2/c1-45(2,3)31-49(13,14)37-25-35(43(55)39(27-37)51(17,18)33-47(7,8)9)29-53-41-23-21-22-24-42(41)54-30-36-26-38(50(15,16)32-46(4,5)6)28-40(44(36)56)52(19,20)34-48(10,11)12;1-20(2,3)14-22(7,8)17-11-16(13-24)19(25)18(12-17)23(9,10)15-21(4,5)6;7-5-3-1-2-4-6(5)8/h25-30,41-42,55-56H,21-24,31-34H2,1-20H3;11-13,25H,14-15H2,1-10H3;5-6H,1-4,7-8H2/t41-,42-;;5-,6-/m0.0/s1. The van der Waals surface area contributed by atoms with Crippen LogP contribution in [0.25, 0.3) is 0 Å². The fourth-order valence-corrected chi connectivity index (χ4v) is 16.5. The van der Waals surface area contributed by atoms with E-state index in [1.54, 1.807) is 0 Å². The van der Waals surface area contributed by atoms with Crippen LogP contribution in [-0.4, -0.2) is 58.2 Å². The number of rotatable bonds is 17. The van der Waals surface area contributed by atoms with E-state index in [4.69, 9.17) is 21.5 Å². The molecule has 2 fully saturated rings. The van der Waals surface area contributed by atoms with Gasteiger partial charge in [0, 0.05) is 52.3 Å². The summed E-state index contributed by atoms with van der Waals surface area (Å²) in [5.41, 5.74) is 19.7. The molecule has 0 heterocycles. The second-order valence-corrected chi connectivity index (χ2v) is 39.3. The second-order valence-electron chi connectivity index (χ2n) is 39.3. The lowest BCUT2D eigenvalue weighted by Gasteiger charge is -2.37. The molecule has 8 nitrogen and oxygen atoms in total. The molecule has 0 aliphatic heterocycles. The highest BCUT2D eigenvalue weighted by molar-refractivity contribution is 5.86. The van der Waals surface area contributed by atoms with Gasteiger partial charge in [-0.15, -0.1) is 0 Å². The van der Waals surface area contributed by atoms with E-state index in [0.717, 1.165) is 117 Å². The van der Waals surface area contributed by atoms with Gasteiger partial charge in [-0.25, -0.2) is 0 Å². The number of benzene rings is 3. The lowest BCUT2D eigenvalue weighted by atomic mass is 9.68. The van der Waals surface area contributed by atoms with Gasteiger partial charge >= 0.3 is 0 Å². The van der Waals surface area contributed by atoms with Gasteiger partial charge in [-0.1, -0.05) is 252 Å². The predicted molar refractivity (Wildman–Crippen MR) is 388 cm³/mol. The molecule has 0 spiro atoms. The number of carbonyl (C=O) groups is 1. The van der Waals surface area contributed by atoms with Crippen molar-refractivity contribution in [3.05, 3.63) is 86.5 Å². The molecule has 0 radical (unpaired) electrons. The monoisotopic (exact) mass is 1230 g/mol. The molecule has 4 atom stereocenters. The van der Waals surface area contributed by atoms with Crippen molar-refractivity contribution < 1.29 is 20.1 Å². The van der Waals surface area contributed by atoms with Gasteiger partial charge in [0.1, 0.15) is 17.2 Å². The molecular formula is C81H138N4O4. The van der Waals surface area contributed by atoms with Crippen LogP contribution in [0.5, 0.6) is 17.2 Å². The predicted octanol–water partition coefficient (Wildman–Crippen LogP) is 21.6. The Bertz CT molecular complexity index is 2710. The van der Waals surface area contributed by atoms with Crippen LogP contribution in [0.1, 0.15) is 352 Å². The Labute approximate surface area is 548 Å². The first-order chi connectivity index (χ1) is 39.8. The molecular weight excluding hydrogens is 1090 g/mol. The second kappa shape index (κ2) is 29.1. The largest absolute Gasteiger partial charge is 0.507 e. The summed E-state index contributed by atoms with van der Waals surface area (Å²) in [5, 5.41) is 34.7. The molecule has 2 aliphatic rings. The number of aliphatic imine (C=N–C) groups is 2. The van der Waals surface area contributed by atoms with Crippen LogP contribution in [-0.2, 0) is 32.5 Å². The SMILES string of the molecule is CC(C)(C)CC(C)(C)c1cc(C=N[C@H]2CCCC[C@@H]2N=Cc2cc(C(C)(C)CC(C)(C)C)cc(C(C)(C)CC(C)(C)C)c2O)c(O)c(C(C)(C)CC(C)(C)C)c1.CC(C)(C)CC(C)(C)c1cc(C=O)c(O)c(C(C)(C)CC(C)(C)C)c1.N[C@H]1CCCC[C@@H]1N. The first-order valence-corrected chi connectivity index (χ1v) is 34.5. The Hall–Kier alpha value is -4.01. The van der Waals surface area contributed by atoms with Gasteiger partial charge < -0.3 is 26.8 Å². The van der Waals surface area contributed by atoms with E-state index in [1.165, 1.54) is 24.0 Å². The van der Waals surface area contributed by atoms with Crippen LogP contribution < -0.4 is 11.5 Å². The van der Waals surface area contributed by atoms with Gasteiger partial charge in [-0.3, -0.25) is 14.8 Å². The van der Waals surface area contributed by atoms with Gasteiger partial charge in [0.2, 0.25) is 0 Å². The molecule has 0 saturated heterocycles. The Balaban J connectivity index is 0.000000511. The number of hydrogen-bond donors (Lipinski definition) is 5. The zero-order valence-electron chi connectivity index (χ0n) is 63.2. The highest BCUT2D eigenvalue weighted by Crippen LogP contribution is 2.49. The van der Waals surface area contributed by atoms with Crippen LogP contribution in [0, 0.1) is 32.5 Å². The smallest absolute Gasteiger partial charge is 0.153 e. The third kappa shape index (κ3) is 25.1. The van der Waals surface area contributed by atoms with E-state index < -0.39 is 0 Å². The third-order valence-electron chi connectivity index (χ3n) is 18.3. The van der Waals surface area contributed by atoms with E-state index in [1.807, 2.05) is 18.5 Å². The molecule has 3 aromatic carbocycles. The number of phenols is 3. The summed E-state index contributed by atoms with van der Waals surface area (Å²) < 4.78 is 0. The Morgan fingerprint density at radius 3 is 0.787 bits per heavy atom. The number of aldehydes is 1. The summed E-state index contributed by atoms with van der Waals surface area (Å²) in [6, 6.07) is 13.5. The lowest BCUT2D eigenvalue weighted by molar-refractivity contribution is 0.112. The average molecular weight is 1230 g/mol. The molecule has 506 valence electrons. The minimum Gasteiger partial charge on any atom is -0.507 e. The number of hydrogen-bond acceptors (Lipinski definition) is 8. The Morgan fingerprint density at radius 1 is 0.348 bits per heavy atom. The van der Waals surface area contributed by atoms with E-state index in [0.29, 0.717) is 17.1 Å². The third-order valence-corrected chi connectivity index (χ3v) is 18.3. The van der Waals surface area contributed by atoms with E-state index >= 15 is 0 Å². The molecule has 5 rings (SSSR count). The maximum absolute atomic E-state index is 12.0. The van der Waals surface area contributed by atoms with Gasteiger partial charge in [0.25, 0.3) is 0 Å². The first kappa shape index (κ1) is 79.2. The molecule has 3 aromatic rings. The summed E-state index contributed by atoms with van der Waals surface area (Å²) in [6.07, 6.45) is 19.5. The van der Waals surface area contributed by atoms with Crippen molar-refractivity contribution in [1.82, 2.24) is 0 Å². The molecule has 7 N–H and O–H groups in total. The molecule has 2 saturated carbocycles. The van der Waals surface area contributed by atoms with Crippen molar-refractivity contribution in [3.8, 4) is 17.2 Å². The fourth-order valence-electron chi connectivity index (χ4n) is 16.5. The summed E-state index contributed by atoms with van der Waals surface area (Å²) in [6.45, 7) is 68.0. The zero-order chi connectivity index (χ0) is 68.9. The number of phenolic OH excluding ortho intramolecular Hbond substituents is 3. The topological polar surface area (TPSA) is 155 Å². The number of aromatic hydroxyl groups is 3. The number of nitrogens with zero attached hydrogens (tertiary/aromatic N) is 2. The van der Waals surface area contributed by atoms with Crippen LogP contribution in [0.4, 0.5) is 0 Å². The summed E-state index contributed by atoms with van der Waals surface area (Å²) in [5.74, 6) is 0.831. The maximum Gasteiger partial charge on any atom is 0.153 e. The average Bonchev–Trinajstić information content (AvgIpc) is 0.803. The summed E-state index contributed by atoms with van der Waals surface area (Å²) in [7, 11) is 0. The highest BCUT2D eigenvalue weighted by atomic mass is 16.3.